The molecule has 0 saturated heterocycles. The van der Waals surface area contributed by atoms with E-state index in [0.717, 1.165) is 0 Å². The molecule has 4 heteroatoms. The number of carbonyl (C=O) groups is 2. The van der Waals surface area contributed by atoms with Gasteiger partial charge in [0, 0.05) is 0 Å². The van der Waals surface area contributed by atoms with Gasteiger partial charge in [0.2, 0.25) is 0 Å². The number of nitrogens with zero attached hydrogens (tertiary/aromatic N) is 1. The third-order valence-electron chi connectivity index (χ3n) is 2.01. The van der Waals surface area contributed by atoms with Crippen LogP contribution in [0.15, 0.2) is 35.5 Å². The minimum atomic E-state index is -0.653. The summed E-state index contributed by atoms with van der Waals surface area (Å²) in [7, 11) is 0. The van der Waals surface area contributed by atoms with E-state index in [1.807, 2.05) is 13.8 Å². The van der Waals surface area contributed by atoms with E-state index in [-0.39, 0.29) is 23.9 Å². The normalized spacial score (nSPS) is 13.8. The van der Waals surface area contributed by atoms with E-state index in [2.05, 4.69) is 0 Å². The Labute approximate surface area is 99.9 Å². The van der Waals surface area contributed by atoms with Crippen molar-refractivity contribution in [3.05, 3.63) is 35.5 Å². The highest BCUT2D eigenvalue weighted by atomic mass is 16.5. The molecular formula is C13H13NO3. The van der Waals surface area contributed by atoms with Crippen LogP contribution in [0.3, 0.4) is 0 Å². The molecular weight excluding hydrogens is 218 g/mol. The lowest BCUT2D eigenvalue weighted by atomic mass is 10.0. The van der Waals surface area contributed by atoms with Crippen LogP contribution in [0, 0.1) is 17.2 Å². The molecule has 1 aliphatic rings. The van der Waals surface area contributed by atoms with E-state index in [0.29, 0.717) is 5.57 Å². The maximum absolute atomic E-state index is 11.6. The van der Waals surface area contributed by atoms with Crippen molar-refractivity contribution in [2.45, 2.75) is 13.8 Å². The number of rotatable bonds is 3. The van der Waals surface area contributed by atoms with Gasteiger partial charge in [-0.15, -0.1) is 0 Å². The molecule has 0 radical (unpaired) electrons. The summed E-state index contributed by atoms with van der Waals surface area (Å²) < 4.78 is 4.96. The Morgan fingerprint density at radius 2 is 1.94 bits per heavy atom. The van der Waals surface area contributed by atoms with Crippen LogP contribution in [0.2, 0.25) is 0 Å². The number of ether oxygens (including phenoxy) is 1. The first-order valence-corrected chi connectivity index (χ1v) is 5.26. The first-order valence-electron chi connectivity index (χ1n) is 5.26. The van der Waals surface area contributed by atoms with Crippen molar-refractivity contribution in [1.82, 2.24) is 0 Å². The van der Waals surface area contributed by atoms with Crippen LogP contribution in [0.25, 0.3) is 0 Å². The van der Waals surface area contributed by atoms with Crippen molar-refractivity contribution in [2.24, 2.45) is 5.92 Å². The van der Waals surface area contributed by atoms with Crippen molar-refractivity contribution in [3.8, 4) is 6.07 Å². The molecule has 4 nitrogen and oxygen atoms in total. The molecule has 0 aromatic carbocycles. The minimum absolute atomic E-state index is 0.0781. The number of hydrogen-bond donors (Lipinski definition) is 0. The Morgan fingerprint density at radius 3 is 2.41 bits per heavy atom. The maximum atomic E-state index is 11.6. The van der Waals surface area contributed by atoms with Gasteiger partial charge in [-0.2, -0.15) is 5.26 Å². The molecule has 0 aromatic rings. The van der Waals surface area contributed by atoms with Crippen LogP contribution in [0.5, 0.6) is 0 Å². The lowest BCUT2D eigenvalue weighted by Gasteiger charge is -2.08. The Hall–Kier alpha value is -2.15. The van der Waals surface area contributed by atoms with E-state index in [1.54, 1.807) is 6.07 Å². The van der Waals surface area contributed by atoms with Crippen LogP contribution in [0.1, 0.15) is 13.8 Å². The van der Waals surface area contributed by atoms with Crippen LogP contribution in [-0.4, -0.2) is 18.4 Å². The highest BCUT2D eigenvalue weighted by Gasteiger charge is 2.16. The smallest absolute Gasteiger partial charge is 0.349 e. The van der Waals surface area contributed by atoms with Gasteiger partial charge in [-0.3, -0.25) is 4.79 Å². The van der Waals surface area contributed by atoms with E-state index in [9.17, 15) is 9.59 Å². The SMILES string of the molecule is CC(C)COC(=O)C(C#N)=C1C=CC(=O)C=C1. The van der Waals surface area contributed by atoms with E-state index < -0.39 is 5.97 Å². The molecule has 0 bridgehead atoms. The summed E-state index contributed by atoms with van der Waals surface area (Å²) in [4.78, 5) is 22.5. The van der Waals surface area contributed by atoms with Crippen molar-refractivity contribution < 1.29 is 14.3 Å². The van der Waals surface area contributed by atoms with Gasteiger partial charge in [0.15, 0.2) is 5.78 Å². The van der Waals surface area contributed by atoms with Gasteiger partial charge in [-0.05, 0) is 35.8 Å². The van der Waals surface area contributed by atoms with Gasteiger partial charge < -0.3 is 4.74 Å². The Balaban J connectivity index is 2.85. The molecule has 0 atom stereocenters. The van der Waals surface area contributed by atoms with Gasteiger partial charge in [0.1, 0.15) is 11.6 Å². The summed E-state index contributed by atoms with van der Waals surface area (Å²) >= 11 is 0. The second-order valence-corrected chi connectivity index (χ2v) is 4.00. The number of nitriles is 1. The van der Waals surface area contributed by atoms with E-state index >= 15 is 0 Å². The van der Waals surface area contributed by atoms with Gasteiger partial charge in [-0.1, -0.05) is 13.8 Å². The van der Waals surface area contributed by atoms with Crippen LogP contribution in [0.4, 0.5) is 0 Å². The maximum Gasteiger partial charge on any atom is 0.349 e. The predicted octanol–water partition coefficient (Wildman–Crippen LogP) is 1.70. The van der Waals surface area contributed by atoms with Gasteiger partial charge in [0.25, 0.3) is 0 Å². The Bertz CT molecular complexity index is 444. The average molecular weight is 231 g/mol. The van der Waals surface area contributed by atoms with Crippen molar-refractivity contribution in [1.29, 1.82) is 5.26 Å². The molecule has 1 aliphatic carbocycles. The molecule has 0 aromatic heterocycles. The van der Waals surface area contributed by atoms with Gasteiger partial charge in [0.05, 0.1) is 6.61 Å². The van der Waals surface area contributed by atoms with Crippen LogP contribution >= 0.6 is 0 Å². The molecule has 0 saturated carbocycles. The molecule has 0 aliphatic heterocycles. The number of hydrogen-bond acceptors (Lipinski definition) is 4. The summed E-state index contributed by atoms with van der Waals surface area (Å²) in [5.74, 6) is -0.607. The second kappa shape index (κ2) is 5.80. The predicted molar refractivity (Wildman–Crippen MR) is 61.7 cm³/mol. The van der Waals surface area contributed by atoms with Crippen LogP contribution in [-0.2, 0) is 14.3 Å². The third-order valence-corrected chi connectivity index (χ3v) is 2.01. The van der Waals surface area contributed by atoms with Crippen molar-refractivity contribution >= 4 is 11.8 Å². The highest BCUT2D eigenvalue weighted by Crippen LogP contribution is 2.13. The Morgan fingerprint density at radius 1 is 1.35 bits per heavy atom. The van der Waals surface area contributed by atoms with E-state index in [1.165, 1.54) is 24.3 Å². The number of carbonyl (C=O) groups excluding carboxylic acids is 2. The first-order chi connectivity index (χ1) is 8.04. The summed E-state index contributed by atoms with van der Waals surface area (Å²) in [6.07, 6.45) is 5.50. The molecule has 0 heterocycles. The molecule has 0 amide bonds. The zero-order chi connectivity index (χ0) is 12.8. The first kappa shape index (κ1) is 12.9. The zero-order valence-corrected chi connectivity index (χ0v) is 9.77. The fraction of sp³-hybridized carbons (Fsp3) is 0.308. The number of esters is 1. The van der Waals surface area contributed by atoms with Crippen molar-refractivity contribution in [2.75, 3.05) is 6.61 Å². The monoisotopic (exact) mass is 231 g/mol. The van der Waals surface area contributed by atoms with Crippen molar-refractivity contribution in [3.63, 3.8) is 0 Å². The topological polar surface area (TPSA) is 67.2 Å². The third kappa shape index (κ3) is 3.72. The Kier molecular flexibility index (Phi) is 4.41. The summed E-state index contributed by atoms with van der Waals surface area (Å²) in [5.41, 5.74) is 0.325. The second-order valence-electron chi connectivity index (χ2n) is 4.00. The van der Waals surface area contributed by atoms with E-state index in [4.69, 9.17) is 10.00 Å². The lowest BCUT2D eigenvalue weighted by Crippen LogP contribution is -2.13. The van der Waals surface area contributed by atoms with Crippen LogP contribution < -0.4 is 0 Å². The average Bonchev–Trinajstić information content (AvgIpc) is 2.30. The molecule has 88 valence electrons. The largest absolute Gasteiger partial charge is 0.461 e. The highest BCUT2D eigenvalue weighted by molar-refractivity contribution is 6.03. The minimum Gasteiger partial charge on any atom is -0.461 e. The molecule has 0 spiro atoms. The summed E-state index contributed by atoms with van der Waals surface area (Å²) in [6, 6.07) is 1.80. The quantitative estimate of drug-likeness (QED) is 0.421. The van der Waals surface area contributed by atoms with Gasteiger partial charge in [-0.25, -0.2) is 4.79 Å². The summed E-state index contributed by atoms with van der Waals surface area (Å²) in [6.45, 7) is 4.08. The molecule has 17 heavy (non-hydrogen) atoms. The lowest BCUT2D eigenvalue weighted by molar-refractivity contribution is -0.139. The molecule has 0 unspecified atom stereocenters. The molecule has 1 rings (SSSR count). The standard InChI is InChI=1S/C13H13NO3/c1-9(2)8-17-13(16)12(7-14)10-3-5-11(15)6-4-10/h3-6,9H,8H2,1-2H3. The molecule has 0 N–H and O–H groups in total. The van der Waals surface area contributed by atoms with Gasteiger partial charge >= 0.3 is 5.97 Å². The molecule has 0 fully saturated rings. The zero-order valence-electron chi connectivity index (χ0n) is 9.77. The number of allylic oxidation sites excluding steroid dienone is 5. The fourth-order valence-corrected chi connectivity index (χ4v) is 1.16. The summed E-state index contributed by atoms with van der Waals surface area (Å²) in [5, 5.41) is 8.92. The number of ketones is 1. The fourth-order valence-electron chi connectivity index (χ4n) is 1.16.